The highest BCUT2D eigenvalue weighted by molar-refractivity contribution is 5.86. The van der Waals surface area contributed by atoms with Crippen molar-refractivity contribution in [2.45, 2.75) is 18.9 Å². The molecule has 2 heterocycles. The number of fused-ring (bicyclic) bond motifs is 1. The van der Waals surface area contributed by atoms with E-state index in [9.17, 15) is 4.79 Å². The maximum absolute atomic E-state index is 11.4. The van der Waals surface area contributed by atoms with Crippen LogP contribution in [0.2, 0.25) is 0 Å². The zero-order valence-corrected chi connectivity index (χ0v) is 19.4. The number of nitrogens with zero attached hydrogens (tertiary/aromatic N) is 2. The van der Waals surface area contributed by atoms with Gasteiger partial charge in [-0.15, -0.1) is 0 Å². The Morgan fingerprint density at radius 3 is 2.45 bits per heavy atom. The molecule has 0 amide bonds. The molecule has 0 N–H and O–H groups in total. The first-order chi connectivity index (χ1) is 16.0. The standard InChI is InChI=1S/C27H28N2O4/c1-27(21-8-5-19(6-9-21)7-14-26(30)33-4)24-12-11-23(31-2)17-20(24)15-16-29(27)22-10-13-25(32-3)28-18-22/h5-14,17-18H,15-16H2,1-4H3/b14-7+. The Bertz CT molecular complexity index is 1160. The maximum atomic E-state index is 11.4. The van der Waals surface area contributed by atoms with Crippen LogP contribution in [0.3, 0.4) is 0 Å². The molecule has 0 fully saturated rings. The molecule has 0 aliphatic carbocycles. The summed E-state index contributed by atoms with van der Waals surface area (Å²) in [6.07, 6.45) is 5.93. The molecule has 1 aromatic heterocycles. The van der Waals surface area contributed by atoms with Gasteiger partial charge in [-0.05, 0) is 59.9 Å². The summed E-state index contributed by atoms with van der Waals surface area (Å²) < 4.78 is 15.4. The third-order valence-corrected chi connectivity index (χ3v) is 6.31. The second-order valence-electron chi connectivity index (χ2n) is 8.03. The summed E-state index contributed by atoms with van der Waals surface area (Å²) in [5.41, 5.74) is 5.15. The highest BCUT2D eigenvalue weighted by atomic mass is 16.5. The Morgan fingerprint density at radius 2 is 1.82 bits per heavy atom. The molecule has 170 valence electrons. The van der Waals surface area contributed by atoms with E-state index in [0.717, 1.165) is 35.5 Å². The van der Waals surface area contributed by atoms with Crippen molar-refractivity contribution in [1.29, 1.82) is 0 Å². The van der Waals surface area contributed by atoms with E-state index in [1.54, 1.807) is 20.3 Å². The molecular weight excluding hydrogens is 416 g/mol. The number of benzene rings is 2. The van der Waals surface area contributed by atoms with Crippen LogP contribution in [0.1, 0.15) is 29.2 Å². The fourth-order valence-electron chi connectivity index (χ4n) is 4.48. The third kappa shape index (κ3) is 4.29. The number of carbonyl (C=O) groups excluding carboxylic acids is 1. The molecule has 1 aliphatic heterocycles. The predicted octanol–water partition coefficient (Wildman–Crippen LogP) is 4.61. The number of pyridine rings is 1. The summed E-state index contributed by atoms with van der Waals surface area (Å²) in [6, 6.07) is 18.5. The molecule has 1 unspecified atom stereocenters. The zero-order chi connectivity index (χ0) is 23.4. The number of ether oxygens (including phenoxy) is 3. The van der Waals surface area contributed by atoms with E-state index < -0.39 is 5.54 Å². The van der Waals surface area contributed by atoms with Crippen molar-refractivity contribution < 1.29 is 19.0 Å². The molecule has 0 radical (unpaired) electrons. The van der Waals surface area contributed by atoms with Gasteiger partial charge in [0.1, 0.15) is 5.75 Å². The maximum Gasteiger partial charge on any atom is 0.330 e. The SMILES string of the molecule is COC(=O)/C=C/c1ccc(C2(C)c3ccc(OC)cc3CCN2c2ccc(OC)nc2)cc1. The predicted molar refractivity (Wildman–Crippen MR) is 129 cm³/mol. The monoisotopic (exact) mass is 444 g/mol. The summed E-state index contributed by atoms with van der Waals surface area (Å²) in [6.45, 7) is 3.07. The fraction of sp³-hybridized carbons (Fsp3) is 0.259. The average molecular weight is 445 g/mol. The van der Waals surface area contributed by atoms with E-state index in [0.29, 0.717) is 5.88 Å². The van der Waals surface area contributed by atoms with Crippen LogP contribution in [-0.2, 0) is 21.5 Å². The Balaban J connectivity index is 1.80. The molecule has 1 aliphatic rings. The molecule has 0 spiro atoms. The van der Waals surface area contributed by atoms with Crippen LogP contribution in [0.15, 0.2) is 66.9 Å². The third-order valence-electron chi connectivity index (χ3n) is 6.31. The summed E-state index contributed by atoms with van der Waals surface area (Å²) in [5, 5.41) is 0. The number of hydrogen-bond donors (Lipinski definition) is 0. The molecule has 4 rings (SSSR count). The van der Waals surface area contributed by atoms with Crippen molar-refractivity contribution in [3.8, 4) is 11.6 Å². The van der Waals surface area contributed by atoms with Crippen molar-refractivity contribution in [3.63, 3.8) is 0 Å². The molecule has 33 heavy (non-hydrogen) atoms. The van der Waals surface area contributed by atoms with Gasteiger partial charge < -0.3 is 19.1 Å². The minimum absolute atomic E-state index is 0.376. The number of hydrogen-bond acceptors (Lipinski definition) is 6. The quantitative estimate of drug-likeness (QED) is 0.409. The summed E-state index contributed by atoms with van der Waals surface area (Å²) in [4.78, 5) is 18.3. The highest BCUT2D eigenvalue weighted by Gasteiger charge is 2.40. The first kappa shape index (κ1) is 22.4. The number of aromatic nitrogens is 1. The lowest BCUT2D eigenvalue weighted by atomic mass is 9.76. The van der Waals surface area contributed by atoms with Crippen LogP contribution in [0.5, 0.6) is 11.6 Å². The lowest BCUT2D eigenvalue weighted by Crippen LogP contribution is -2.49. The van der Waals surface area contributed by atoms with Gasteiger partial charge in [0, 0.05) is 18.7 Å². The lowest BCUT2D eigenvalue weighted by Gasteiger charge is -2.48. The van der Waals surface area contributed by atoms with Gasteiger partial charge in [0.2, 0.25) is 5.88 Å². The van der Waals surface area contributed by atoms with E-state index in [1.165, 1.54) is 24.3 Å². The topological polar surface area (TPSA) is 60.9 Å². The van der Waals surface area contributed by atoms with E-state index in [2.05, 4.69) is 45.8 Å². The minimum Gasteiger partial charge on any atom is -0.497 e. The van der Waals surface area contributed by atoms with Gasteiger partial charge >= 0.3 is 5.97 Å². The van der Waals surface area contributed by atoms with Gasteiger partial charge in [-0.3, -0.25) is 0 Å². The van der Waals surface area contributed by atoms with Crippen LogP contribution in [-0.4, -0.2) is 38.8 Å². The van der Waals surface area contributed by atoms with Crippen LogP contribution in [0.4, 0.5) is 5.69 Å². The number of methoxy groups -OCH3 is 3. The van der Waals surface area contributed by atoms with E-state index >= 15 is 0 Å². The fourth-order valence-corrected chi connectivity index (χ4v) is 4.48. The first-order valence-electron chi connectivity index (χ1n) is 10.8. The molecule has 6 heteroatoms. The molecule has 6 nitrogen and oxygen atoms in total. The number of esters is 1. The van der Waals surface area contributed by atoms with Crippen molar-refractivity contribution in [1.82, 2.24) is 4.98 Å². The van der Waals surface area contributed by atoms with Gasteiger partial charge in [0.05, 0.1) is 38.8 Å². The van der Waals surface area contributed by atoms with Crippen LogP contribution >= 0.6 is 0 Å². The van der Waals surface area contributed by atoms with Crippen LogP contribution in [0.25, 0.3) is 6.08 Å². The van der Waals surface area contributed by atoms with Crippen LogP contribution in [0, 0.1) is 0 Å². The Hall–Kier alpha value is -3.80. The van der Waals surface area contributed by atoms with E-state index in [-0.39, 0.29) is 5.97 Å². The largest absolute Gasteiger partial charge is 0.497 e. The van der Waals surface area contributed by atoms with Crippen LogP contribution < -0.4 is 14.4 Å². The van der Waals surface area contributed by atoms with Crippen molar-refractivity contribution >= 4 is 17.7 Å². The second-order valence-corrected chi connectivity index (χ2v) is 8.03. The van der Waals surface area contributed by atoms with Gasteiger partial charge in [0.25, 0.3) is 0 Å². The zero-order valence-electron chi connectivity index (χ0n) is 19.4. The van der Waals surface area contributed by atoms with Gasteiger partial charge in [0.15, 0.2) is 0 Å². The first-order valence-corrected chi connectivity index (χ1v) is 10.8. The van der Waals surface area contributed by atoms with Crippen molar-refractivity contribution in [2.24, 2.45) is 0 Å². The lowest BCUT2D eigenvalue weighted by molar-refractivity contribution is -0.134. The van der Waals surface area contributed by atoms with Gasteiger partial charge in [-0.1, -0.05) is 30.3 Å². The summed E-state index contributed by atoms with van der Waals surface area (Å²) in [5.74, 6) is 1.07. The average Bonchev–Trinajstić information content (AvgIpc) is 2.87. The second kappa shape index (κ2) is 9.36. The van der Waals surface area contributed by atoms with Crippen molar-refractivity contribution in [3.05, 3.63) is 89.1 Å². The number of carbonyl (C=O) groups is 1. The Kier molecular flexibility index (Phi) is 6.36. The summed E-state index contributed by atoms with van der Waals surface area (Å²) in [7, 11) is 4.68. The number of rotatable bonds is 6. The summed E-state index contributed by atoms with van der Waals surface area (Å²) >= 11 is 0. The molecule has 2 aromatic carbocycles. The molecular formula is C27H28N2O4. The molecule has 0 bridgehead atoms. The normalized spacial score (nSPS) is 17.5. The van der Waals surface area contributed by atoms with Crippen molar-refractivity contribution in [2.75, 3.05) is 32.8 Å². The van der Waals surface area contributed by atoms with Gasteiger partial charge in [-0.2, -0.15) is 0 Å². The highest BCUT2D eigenvalue weighted by Crippen LogP contribution is 2.44. The molecule has 3 aromatic rings. The molecule has 0 saturated heterocycles. The Labute approximate surface area is 194 Å². The number of anilines is 1. The van der Waals surface area contributed by atoms with E-state index in [4.69, 9.17) is 9.47 Å². The van der Waals surface area contributed by atoms with E-state index in [1.807, 2.05) is 36.5 Å². The Morgan fingerprint density at radius 1 is 1.03 bits per heavy atom. The molecule has 0 saturated carbocycles. The smallest absolute Gasteiger partial charge is 0.330 e. The van der Waals surface area contributed by atoms with Gasteiger partial charge in [-0.25, -0.2) is 9.78 Å². The molecule has 1 atom stereocenters. The minimum atomic E-state index is -0.430.